The van der Waals surface area contributed by atoms with Gasteiger partial charge in [-0.15, -0.1) is 0 Å². The van der Waals surface area contributed by atoms with Gasteiger partial charge in [-0.2, -0.15) is 0 Å². The molecule has 0 saturated carbocycles. The Morgan fingerprint density at radius 3 is 2.50 bits per heavy atom. The maximum Gasteiger partial charge on any atom is 0.411 e. The molecule has 18 heavy (non-hydrogen) atoms. The lowest BCUT2D eigenvalue weighted by Gasteiger charge is -2.34. The SMILES string of the molecule is CC(C)(C)OC(=O)N1CCCC1(C)C(=O)OCCl. The molecule has 1 aliphatic heterocycles. The summed E-state index contributed by atoms with van der Waals surface area (Å²) in [5.41, 5.74) is -1.56. The number of nitrogens with zero attached hydrogens (tertiary/aromatic N) is 1. The number of carbonyl (C=O) groups excluding carboxylic acids is 2. The van der Waals surface area contributed by atoms with E-state index in [9.17, 15) is 9.59 Å². The quantitative estimate of drug-likeness (QED) is 0.575. The predicted octanol–water partition coefficient (Wildman–Crippen LogP) is 2.52. The zero-order chi connectivity index (χ0) is 14.0. The van der Waals surface area contributed by atoms with E-state index in [1.165, 1.54) is 4.90 Å². The van der Waals surface area contributed by atoms with Gasteiger partial charge in [0.2, 0.25) is 0 Å². The van der Waals surface area contributed by atoms with Crippen molar-refractivity contribution in [2.24, 2.45) is 0 Å². The van der Waals surface area contributed by atoms with E-state index in [1.54, 1.807) is 27.7 Å². The lowest BCUT2D eigenvalue weighted by molar-refractivity contribution is -0.153. The van der Waals surface area contributed by atoms with E-state index in [0.29, 0.717) is 13.0 Å². The molecule has 0 aliphatic carbocycles. The third kappa shape index (κ3) is 3.28. The first-order valence-corrected chi connectivity index (χ1v) is 6.48. The lowest BCUT2D eigenvalue weighted by Crippen LogP contribution is -2.52. The highest BCUT2D eigenvalue weighted by atomic mass is 35.5. The van der Waals surface area contributed by atoms with Crippen LogP contribution in [0.25, 0.3) is 0 Å². The van der Waals surface area contributed by atoms with Crippen molar-refractivity contribution in [3.63, 3.8) is 0 Å². The molecule has 5 nitrogen and oxygen atoms in total. The van der Waals surface area contributed by atoms with Crippen LogP contribution in [-0.2, 0) is 14.3 Å². The number of ether oxygens (including phenoxy) is 2. The highest BCUT2D eigenvalue weighted by Gasteiger charge is 2.48. The third-order valence-corrected chi connectivity index (χ3v) is 2.99. The number of hydrogen-bond acceptors (Lipinski definition) is 4. The van der Waals surface area contributed by atoms with Crippen molar-refractivity contribution in [1.82, 2.24) is 4.90 Å². The molecular weight excluding hydrogens is 258 g/mol. The minimum Gasteiger partial charge on any atom is -0.448 e. The summed E-state index contributed by atoms with van der Waals surface area (Å²) in [6.07, 6.45) is 0.809. The first-order chi connectivity index (χ1) is 8.20. The Kier molecular flexibility index (Phi) is 4.48. The molecule has 0 N–H and O–H groups in total. The third-order valence-electron chi connectivity index (χ3n) is 2.88. The molecule has 0 aromatic carbocycles. The fourth-order valence-corrected chi connectivity index (χ4v) is 2.09. The molecule has 1 rings (SSSR count). The number of esters is 1. The molecule has 0 radical (unpaired) electrons. The molecular formula is C12H20ClNO4. The molecule has 1 saturated heterocycles. The lowest BCUT2D eigenvalue weighted by atomic mass is 10.00. The number of carbonyl (C=O) groups is 2. The summed E-state index contributed by atoms with van der Waals surface area (Å²) in [6, 6.07) is -0.212. The van der Waals surface area contributed by atoms with Gasteiger partial charge in [-0.05, 0) is 40.5 Å². The maximum atomic E-state index is 12.0. The molecule has 1 heterocycles. The normalized spacial score (nSPS) is 23.9. The van der Waals surface area contributed by atoms with Crippen LogP contribution in [0.1, 0.15) is 40.5 Å². The van der Waals surface area contributed by atoms with Crippen LogP contribution in [0.5, 0.6) is 0 Å². The van der Waals surface area contributed by atoms with E-state index in [-0.39, 0.29) is 6.07 Å². The number of rotatable bonds is 2. The summed E-state index contributed by atoms with van der Waals surface area (Å²) in [5.74, 6) is -0.485. The Labute approximate surface area is 112 Å². The van der Waals surface area contributed by atoms with Crippen LogP contribution in [0, 0.1) is 0 Å². The number of amides is 1. The highest BCUT2D eigenvalue weighted by molar-refractivity contribution is 6.17. The van der Waals surface area contributed by atoms with Gasteiger partial charge in [0.25, 0.3) is 0 Å². The van der Waals surface area contributed by atoms with Gasteiger partial charge in [0.05, 0.1) is 0 Å². The molecule has 1 atom stereocenters. The van der Waals surface area contributed by atoms with Crippen molar-refractivity contribution < 1.29 is 19.1 Å². The van der Waals surface area contributed by atoms with Gasteiger partial charge in [0.15, 0.2) is 6.07 Å². The summed E-state index contributed by atoms with van der Waals surface area (Å²) in [4.78, 5) is 25.4. The Morgan fingerprint density at radius 2 is 2.00 bits per heavy atom. The van der Waals surface area contributed by atoms with Crippen LogP contribution in [0.4, 0.5) is 4.79 Å². The van der Waals surface area contributed by atoms with Gasteiger partial charge in [0, 0.05) is 6.54 Å². The average Bonchev–Trinajstić information content (AvgIpc) is 2.59. The second kappa shape index (κ2) is 5.34. The summed E-state index contributed by atoms with van der Waals surface area (Å²) in [6.45, 7) is 7.53. The first kappa shape index (κ1) is 15.1. The van der Waals surface area contributed by atoms with Crippen LogP contribution in [0.15, 0.2) is 0 Å². The standard InChI is InChI=1S/C12H20ClNO4/c1-11(2,3)18-10(16)14-7-5-6-12(14,4)9(15)17-8-13/h5-8H2,1-4H3. The zero-order valence-electron chi connectivity index (χ0n) is 11.3. The van der Waals surface area contributed by atoms with E-state index < -0.39 is 23.2 Å². The zero-order valence-corrected chi connectivity index (χ0v) is 12.0. The molecule has 1 fully saturated rings. The monoisotopic (exact) mass is 277 g/mol. The molecule has 0 bridgehead atoms. The van der Waals surface area contributed by atoms with E-state index in [1.807, 2.05) is 0 Å². The van der Waals surface area contributed by atoms with E-state index in [4.69, 9.17) is 21.1 Å². The number of likely N-dealkylation sites (tertiary alicyclic amines) is 1. The van der Waals surface area contributed by atoms with Crippen molar-refractivity contribution in [3.05, 3.63) is 0 Å². The van der Waals surface area contributed by atoms with Crippen molar-refractivity contribution in [1.29, 1.82) is 0 Å². The van der Waals surface area contributed by atoms with E-state index in [2.05, 4.69) is 0 Å². The van der Waals surface area contributed by atoms with Gasteiger partial charge in [0.1, 0.15) is 11.1 Å². The Hall–Kier alpha value is -0.970. The van der Waals surface area contributed by atoms with Gasteiger partial charge in [-0.3, -0.25) is 4.90 Å². The van der Waals surface area contributed by atoms with Gasteiger partial charge < -0.3 is 9.47 Å². The molecule has 0 spiro atoms. The second-order valence-corrected chi connectivity index (χ2v) is 5.77. The molecule has 1 unspecified atom stereocenters. The smallest absolute Gasteiger partial charge is 0.411 e. The summed E-state index contributed by atoms with van der Waals surface area (Å²) in [7, 11) is 0. The van der Waals surface area contributed by atoms with Crippen molar-refractivity contribution in [2.75, 3.05) is 12.6 Å². The van der Waals surface area contributed by atoms with E-state index >= 15 is 0 Å². The highest BCUT2D eigenvalue weighted by Crippen LogP contribution is 2.31. The summed E-state index contributed by atoms with van der Waals surface area (Å²) < 4.78 is 10.1. The number of halogens is 1. The molecule has 6 heteroatoms. The average molecular weight is 278 g/mol. The summed E-state index contributed by atoms with van der Waals surface area (Å²) >= 11 is 5.39. The molecule has 1 aliphatic rings. The van der Waals surface area contributed by atoms with Gasteiger partial charge in [-0.1, -0.05) is 11.6 Å². The van der Waals surface area contributed by atoms with Crippen molar-refractivity contribution >= 4 is 23.7 Å². The largest absolute Gasteiger partial charge is 0.448 e. The molecule has 1 amide bonds. The molecule has 104 valence electrons. The van der Waals surface area contributed by atoms with Crippen LogP contribution >= 0.6 is 11.6 Å². The van der Waals surface area contributed by atoms with Crippen LogP contribution in [-0.4, -0.2) is 40.7 Å². The Morgan fingerprint density at radius 1 is 1.39 bits per heavy atom. The van der Waals surface area contributed by atoms with Gasteiger partial charge in [-0.25, -0.2) is 9.59 Å². The molecule has 0 aromatic heterocycles. The second-order valence-electron chi connectivity index (χ2n) is 5.55. The van der Waals surface area contributed by atoms with Crippen LogP contribution in [0.3, 0.4) is 0 Å². The minimum atomic E-state index is -0.975. The Balaban J connectivity index is 2.81. The topological polar surface area (TPSA) is 55.8 Å². The molecule has 0 aromatic rings. The van der Waals surface area contributed by atoms with Crippen LogP contribution in [0.2, 0.25) is 0 Å². The van der Waals surface area contributed by atoms with Crippen LogP contribution < -0.4 is 0 Å². The maximum absolute atomic E-state index is 12.0. The minimum absolute atomic E-state index is 0.212. The fourth-order valence-electron chi connectivity index (χ4n) is 1.99. The summed E-state index contributed by atoms with van der Waals surface area (Å²) in [5, 5.41) is 0. The van der Waals surface area contributed by atoms with E-state index in [0.717, 1.165) is 6.42 Å². The Bertz CT molecular complexity index is 339. The first-order valence-electron chi connectivity index (χ1n) is 5.94. The fraction of sp³-hybridized carbons (Fsp3) is 0.833. The number of alkyl halides is 1. The van der Waals surface area contributed by atoms with Crippen molar-refractivity contribution in [3.8, 4) is 0 Å². The van der Waals surface area contributed by atoms with Gasteiger partial charge >= 0.3 is 12.1 Å². The number of hydrogen-bond donors (Lipinski definition) is 0. The van der Waals surface area contributed by atoms with Crippen molar-refractivity contribution in [2.45, 2.75) is 51.7 Å². The predicted molar refractivity (Wildman–Crippen MR) is 67.4 cm³/mol.